The Bertz CT molecular complexity index is 1410. The van der Waals surface area contributed by atoms with Crippen molar-refractivity contribution in [2.24, 2.45) is 0 Å². The summed E-state index contributed by atoms with van der Waals surface area (Å²) in [6.45, 7) is 3.04. The average Bonchev–Trinajstić information content (AvgIpc) is 3.17. The van der Waals surface area contributed by atoms with E-state index in [1.165, 1.54) is 38.1 Å². The van der Waals surface area contributed by atoms with Gasteiger partial charge in [-0.15, -0.1) is 0 Å². The highest BCUT2D eigenvalue weighted by atomic mass is 32.4. The minimum absolute atomic E-state index is 0.806. The number of nitrogens with zero attached hydrogens (tertiary/aromatic N) is 1. The fourth-order valence-corrected chi connectivity index (χ4v) is 9.11. The molecule has 162 valence electrons. The molecule has 0 spiro atoms. The van der Waals surface area contributed by atoms with E-state index in [4.69, 9.17) is 11.8 Å². The maximum absolute atomic E-state index is 6.70. The molecule has 1 aromatic heterocycles. The second kappa shape index (κ2) is 9.35. The molecular formula is C30H26NPS. The molecule has 0 saturated heterocycles. The van der Waals surface area contributed by atoms with Gasteiger partial charge >= 0.3 is 0 Å². The molecule has 0 unspecified atom stereocenters. The minimum atomic E-state index is -2.24. The summed E-state index contributed by atoms with van der Waals surface area (Å²) in [6, 6.07) is 38.3. The fourth-order valence-electron chi connectivity index (χ4n) is 4.59. The Morgan fingerprint density at radius 3 is 1.82 bits per heavy atom. The quantitative estimate of drug-likeness (QED) is 0.263. The molecule has 0 saturated carbocycles. The normalized spacial score (nSPS) is 11.9. The van der Waals surface area contributed by atoms with Crippen molar-refractivity contribution in [2.75, 3.05) is 0 Å². The van der Waals surface area contributed by atoms with Crippen LogP contribution in [0.1, 0.15) is 11.3 Å². The van der Waals surface area contributed by atoms with Crippen LogP contribution >= 0.6 is 6.04 Å². The molecule has 1 nitrogen and oxygen atoms in total. The minimum Gasteiger partial charge on any atom is -0.340 e. The molecule has 5 rings (SSSR count). The van der Waals surface area contributed by atoms with E-state index < -0.39 is 6.04 Å². The van der Waals surface area contributed by atoms with Crippen LogP contribution in [0.3, 0.4) is 0 Å². The summed E-state index contributed by atoms with van der Waals surface area (Å²) < 4.78 is 2.41. The van der Waals surface area contributed by atoms with Crippen LogP contribution in [0.25, 0.3) is 17.0 Å². The average molecular weight is 464 g/mol. The van der Waals surface area contributed by atoms with Crippen molar-refractivity contribution in [3.05, 3.63) is 133 Å². The van der Waals surface area contributed by atoms with Crippen molar-refractivity contribution in [2.45, 2.75) is 13.5 Å². The Labute approximate surface area is 201 Å². The lowest BCUT2D eigenvalue weighted by Crippen LogP contribution is -2.26. The van der Waals surface area contributed by atoms with Crippen LogP contribution in [0.15, 0.2) is 121 Å². The first-order chi connectivity index (χ1) is 16.2. The molecule has 0 aliphatic carbocycles. The van der Waals surface area contributed by atoms with E-state index in [1.54, 1.807) is 0 Å². The molecular weight excluding hydrogens is 437 g/mol. The Morgan fingerprint density at radius 1 is 0.697 bits per heavy atom. The highest BCUT2D eigenvalue weighted by Gasteiger charge is 2.30. The van der Waals surface area contributed by atoms with Crippen molar-refractivity contribution >= 4 is 50.7 Å². The smallest absolute Gasteiger partial charge is 0.0492 e. The van der Waals surface area contributed by atoms with Crippen molar-refractivity contribution in [1.82, 2.24) is 4.57 Å². The van der Waals surface area contributed by atoms with E-state index in [-0.39, 0.29) is 0 Å². The first kappa shape index (κ1) is 21.6. The lowest BCUT2D eigenvalue weighted by Gasteiger charge is -2.24. The second-order valence-corrected chi connectivity index (χ2v) is 12.5. The predicted octanol–water partition coefficient (Wildman–Crippen LogP) is 6.42. The van der Waals surface area contributed by atoms with Gasteiger partial charge in [-0.25, -0.2) is 0 Å². The van der Waals surface area contributed by atoms with E-state index in [0.29, 0.717) is 0 Å². The van der Waals surface area contributed by atoms with Gasteiger partial charge in [0, 0.05) is 34.5 Å². The van der Waals surface area contributed by atoms with E-state index in [9.17, 15) is 0 Å². The maximum atomic E-state index is 6.70. The third-order valence-electron chi connectivity index (χ3n) is 6.15. The topological polar surface area (TPSA) is 4.93 Å². The highest BCUT2D eigenvalue weighted by Crippen LogP contribution is 2.46. The molecule has 0 N–H and O–H groups in total. The lowest BCUT2D eigenvalue weighted by molar-refractivity contribution is 0.834. The van der Waals surface area contributed by atoms with Crippen LogP contribution in [0.5, 0.6) is 0 Å². The zero-order chi connectivity index (χ0) is 22.7. The first-order valence-corrected chi connectivity index (χ1v) is 14.0. The second-order valence-electron chi connectivity index (χ2n) is 8.16. The molecule has 0 aliphatic rings. The largest absolute Gasteiger partial charge is 0.340 e. The van der Waals surface area contributed by atoms with Gasteiger partial charge in [0.05, 0.1) is 0 Å². The summed E-state index contributed by atoms with van der Waals surface area (Å²) in [5.41, 5.74) is 3.71. The molecule has 0 radical (unpaired) electrons. The van der Waals surface area contributed by atoms with Crippen LogP contribution in [-0.4, -0.2) is 4.57 Å². The summed E-state index contributed by atoms with van der Waals surface area (Å²) in [4.78, 5) is 0. The number of benzene rings is 4. The van der Waals surface area contributed by atoms with Crippen molar-refractivity contribution in [3.63, 3.8) is 0 Å². The van der Waals surface area contributed by atoms with Crippen LogP contribution in [0.2, 0.25) is 0 Å². The van der Waals surface area contributed by atoms with E-state index in [1.807, 2.05) is 6.07 Å². The van der Waals surface area contributed by atoms with Gasteiger partial charge < -0.3 is 4.57 Å². The number of fused-ring (bicyclic) bond motifs is 1. The van der Waals surface area contributed by atoms with Gasteiger partial charge in [-0.05, 0) is 29.2 Å². The zero-order valence-electron chi connectivity index (χ0n) is 18.6. The van der Waals surface area contributed by atoms with Gasteiger partial charge in [0.15, 0.2) is 0 Å². The third-order valence-corrected chi connectivity index (χ3v) is 11.2. The van der Waals surface area contributed by atoms with Gasteiger partial charge in [-0.2, -0.15) is 0 Å². The number of hydrogen-bond acceptors (Lipinski definition) is 1. The van der Waals surface area contributed by atoms with Crippen molar-refractivity contribution in [3.8, 4) is 0 Å². The molecule has 5 aromatic rings. The Kier molecular flexibility index (Phi) is 6.13. The van der Waals surface area contributed by atoms with E-state index >= 15 is 0 Å². The van der Waals surface area contributed by atoms with Crippen molar-refractivity contribution < 1.29 is 0 Å². The Hall–Kier alpha value is -3.19. The van der Waals surface area contributed by atoms with Gasteiger partial charge in [0.2, 0.25) is 0 Å². The van der Waals surface area contributed by atoms with Gasteiger partial charge in [-0.1, -0.05) is 133 Å². The standard InChI is InChI=1S/C30H26NPS/c1-24-30(32(33,26-17-7-3-8-18-26)27-19-9-4-10-20-27)28-21-11-12-22-29(28)31(24)23-13-16-25-14-5-2-6-15-25/h2-22H,23H2,1H3/b16-13-. The zero-order valence-corrected chi connectivity index (χ0v) is 20.3. The molecule has 0 amide bonds. The number of rotatable bonds is 6. The first-order valence-electron chi connectivity index (χ1n) is 11.2. The van der Waals surface area contributed by atoms with E-state index in [2.05, 4.69) is 133 Å². The summed E-state index contributed by atoms with van der Waals surface area (Å²) >= 11 is 6.70. The molecule has 0 aliphatic heterocycles. The van der Waals surface area contributed by atoms with Crippen LogP contribution in [-0.2, 0) is 18.4 Å². The van der Waals surface area contributed by atoms with Crippen LogP contribution in [0.4, 0.5) is 0 Å². The summed E-state index contributed by atoms with van der Waals surface area (Å²) in [6.07, 6.45) is 4.44. The predicted molar refractivity (Wildman–Crippen MR) is 148 cm³/mol. The maximum Gasteiger partial charge on any atom is 0.0492 e. The Morgan fingerprint density at radius 2 is 1.21 bits per heavy atom. The van der Waals surface area contributed by atoms with Gasteiger partial charge in [-0.3, -0.25) is 0 Å². The monoisotopic (exact) mass is 463 g/mol. The van der Waals surface area contributed by atoms with Crippen molar-refractivity contribution in [1.29, 1.82) is 0 Å². The van der Waals surface area contributed by atoms with Gasteiger partial charge in [0.1, 0.15) is 0 Å². The molecule has 4 aromatic carbocycles. The molecule has 0 bridgehead atoms. The summed E-state index contributed by atoms with van der Waals surface area (Å²) in [5, 5.41) is 5.03. The SMILES string of the molecule is Cc1c(P(=S)(c2ccccc2)c2ccccc2)c2ccccc2n1C/C=C\c1ccccc1. The highest BCUT2D eigenvalue weighted by molar-refractivity contribution is 8.25. The number of para-hydroxylation sites is 1. The van der Waals surface area contributed by atoms with Crippen LogP contribution < -0.4 is 15.9 Å². The number of hydrogen-bond donors (Lipinski definition) is 0. The van der Waals surface area contributed by atoms with E-state index in [0.717, 1.165) is 6.54 Å². The molecule has 1 heterocycles. The van der Waals surface area contributed by atoms with Gasteiger partial charge in [0.25, 0.3) is 0 Å². The third kappa shape index (κ3) is 4.02. The fraction of sp³-hybridized carbons (Fsp3) is 0.0667. The number of aromatic nitrogens is 1. The molecule has 0 fully saturated rings. The Balaban J connectivity index is 1.71. The lowest BCUT2D eigenvalue weighted by atomic mass is 10.2. The molecule has 33 heavy (non-hydrogen) atoms. The summed E-state index contributed by atoms with van der Waals surface area (Å²) in [7, 11) is 0. The van der Waals surface area contributed by atoms with Crippen LogP contribution in [0, 0.1) is 6.92 Å². The molecule has 3 heteroatoms. The molecule has 0 atom stereocenters. The summed E-state index contributed by atoms with van der Waals surface area (Å²) in [5.74, 6) is 0. The number of allylic oxidation sites excluding steroid dienone is 1.